The second-order valence-corrected chi connectivity index (χ2v) is 10.3. The molecular formula is C23H27FN2O3S. The Morgan fingerprint density at radius 2 is 1.60 bits per heavy atom. The summed E-state index contributed by atoms with van der Waals surface area (Å²) in [6, 6.07) is 13.4. The van der Waals surface area contributed by atoms with E-state index in [9.17, 15) is 17.6 Å². The van der Waals surface area contributed by atoms with Crippen molar-refractivity contribution in [1.82, 2.24) is 9.21 Å². The number of carbonyl (C=O) groups excluding carboxylic acids is 1. The largest absolute Gasteiger partial charge is 0.335 e. The lowest BCUT2D eigenvalue weighted by atomic mass is 9.96. The molecule has 1 saturated carbocycles. The monoisotopic (exact) mass is 430 g/mol. The third-order valence-electron chi connectivity index (χ3n) is 6.00. The summed E-state index contributed by atoms with van der Waals surface area (Å²) in [5.41, 5.74) is 1.93. The van der Waals surface area contributed by atoms with E-state index in [1.807, 2.05) is 11.8 Å². The van der Waals surface area contributed by atoms with Crippen molar-refractivity contribution < 1.29 is 17.6 Å². The van der Waals surface area contributed by atoms with Crippen molar-refractivity contribution >= 4 is 15.9 Å². The van der Waals surface area contributed by atoms with Crippen LogP contribution in [0.3, 0.4) is 0 Å². The summed E-state index contributed by atoms with van der Waals surface area (Å²) >= 11 is 0. The zero-order valence-electron chi connectivity index (χ0n) is 17.1. The average molecular weight is 431 g/mol. The van der Waals surface area contributed by atoms with Crippen LogP contribution in [0.2, 0.25) is 0 Å². The normalized spacial score (nSPS) is 18.3. The highest BCUT2D eigenvalue weighted by Gasteiger charge is 2.38. The van der Waals surface area contributed by atoms with Crippen LogP contribution in [-0.4, -0.2) is 42.7 Å². The second-order valence-electron chi connectivity index (χ2n) is 8.32. The predicted molar refractivity (Wildman–Crippen MR) is 113 cm³/mol. The van der Waals surface area contributed by atoms with Crippen LogP contribution in [0.5, 0.6) is 0 Å². The molecule has 5 nitrogen and oxygen atoms in total. The standard InChI is InChI=1S/C23H27FN2O3S/c1-17-2-10-22(11-3-17)30(28,29)25-14-12-19(13-15-25)23(27)26(21-8-9-21)16-18-4-6-20(24)7-5-18/h2-7,10-11,19,21H,8-9,12-16H2,1H3. The van der Waals surface area contributed by atoms with E-state index in [0.29, 0.717) is 37.4 Å². The summed E-state index contributed by atoms with van der Waals surface area (Å²) in [5.74, 6) is -0.366. The van der Waals surface area contributed by atoms with E-state index in [2.05, 4.69) is 0 Å². The molecule has 4 rings (SSSR count). The van der Waals surface area contributed by atoms with Gasteiger partial charge in [-0.15, -0.1) is 0 Å². The fourth-order valence-electron chi connectivity index (χ4n) is 4.00. The zero-order chi connectivity index (χ0) is 21.3. The van der Waals surface area contributed by atoms with Gasteiger partial charge in [-0.3, -0.25) is 4.79 Å². The van der Waals surface area contributed by atoms with E-state index in [4.69, 9.17) is 0 Å². The third-order valence-corrected chi connectivity index (χ3v) is 7.91. The number of halogens is 1. The first-order chi connectivity index (χ1) is 14.3. The van der Waals surface area contributed by atoms with Crippen LogP contribution in [0, 0.1) is 18.7 Å². The van der Waals surface area contributed by atoms with Gasteiger partial charge in [-0.1, -0.05) is 29.8 Å². The third kappa shape index (κ3) is 4.57. The summed E-state index contributed by atoms with van der Waals surface area (Å²) < 4.78 is 40.5. The van der Waals surface area contributed by atoms with Crippen molar-refractivity contribution in [3.8, 4) is 0 Å². The van der Waals surface area contributed by atoms with Gasteiger partial charge in [-0.05, 0) is 62.4 Å². The molecule has 7 heteroatoms. The summed E-state index contributed by atoms with van der Waals surface area (Å²) in [4.78, 5) is 15.4. The molecule has 0 N–H and O–H groups in total. The molecule has 0 unspecified atom stereocenters. The molecule has 2 fully saturated rings. The highest BCUT2D eigenvalue weighted by molar-refractivity contribution is 7.89. The topological polar surface area (TPSA) is 57.7 Å². The second kappa shape index (κ2) is 8.47. The van der Waals surface area contributed by atoms with E-state index in [1.54, 1.807) is 36.4 Å². The number of nitrogens with zero attached hydrogens (tertiary/aromatic N) is 2. The van der Waals surface area contributed by atoms with E-state index in [1.165, 1.54) is 16.4 Å². The molecule has 1 amide bonds. The molecule has 2 aromatic carbocycles. The first-order valence-corrected chi connectivity index (χ1v) is 11.9. The van der Waals surface area contributed by atoms with Crippen LogP contribution in [0.15, 0.2) is 53.4 Å². The van der Waals surface area contributed by atoms with Gasteiger partial charge in [0.05, 0.1) is 4.90 Å². The van der Waals surface area contributed by atoms with Crippen molar-refractivity contribution in [1.29, 1.82) is 0 Å². The highest BCUT2D eigenvalue weighted by atomic mass is 32.2. The molecule has 2 aromatic rings. The van der Waals surface area contributed by atoms with Gasteiger partial charge in [0.15, 0.2) is 0 Å². The number of piperidine rings is 1. The van der Waals surface area contributed by atoms with Crippen LogP contribution in [0.25, 0.3) is 0 Å². The maximum absolute atomic E-state index is 13.2. The van der Waals surface area contributed by atoms with Crippen molar-refractivity contribution in [2.45, 2.75) is 50.1 Å². The fourth-order valence-corrected chi connectivity index (χ4v) is 5.47. The Morgan fingerprint density at radius 3 is 2.17 bits per heavy atom. The Kier molecular flexibility index (Phi) is 5.93. The lowest BCUT2D eigenvalue weighted by Gasteiger charge is -2.34. The highest BCUT2D eigenvalue weighted by Crippen LogP contribution is 2.32. The molecule has 0 spiro atoms. The Labute approximate surface area is 177 Å². The molecule has 30 heavy (non-hydrogen) atoms. The van der Waals surface area contributed by atoms with E-state index in [0.717, 1.165) is 24.0 Å². The summed E-state index contributed by atoms with van der Waals surface area (Å²) in [6.45, 7) is 3.10. The van der Waals surface area contributed by atoms with E-state index < -0.39 is 10.0 Å². The van der Waals surface area contributed by atoms with Crippen molar-refractivity contribution in [2.24, 2.45) is 5.92 Å². The molecule has 160 valence electrons. The molecular weight excluding hydrogens is 403 g/mol. The summed E-state index contributed by atoms with van der Waals surface area (Å²) in [6.07, 6.45) is 3.04. The summed E-state index contributed by atoms with van der Waals surface area (Å²) in [7, 11) is -3.53. The first-order valence-electron chi connectivity index (χ1n) is 10.5. The maximum Gasteiger partial charge on any atom is 0.243 e. The van der Waals surface area contributed by atoms with E-state index >= 15 is 0 Å². The minimum Gasteiger partial charge on any atom is -0.335 e. The molecule has 1 heterocycles. The fraction of sp³-hybridized carbons (Fsp3) is 0.435. The smallest absolute Gasteiger partial charge is 0.243 e. The SMILES string of the molecule is Cc1ccc(S(=O)(=O)N2CCC(C(=O)N(Cc3ccc(F)cc3)C3CC3)CC2)cc1. The molecule has 1 aliphatic heterocycles. The Bertz CT molecular complexity index is 994. The Balaban J connectivity index is 1.40. The number of carbonyl (C=O) groups is 1. The van der Waals surface area contributed by atoms with Crippen LogP contribution in [0.4, 0.5) is 4.39 Å². The average Bonchev–Trinajstić information content (AvgIpc) is 3.58. The molecule has 1 aliphatic carbocycles. The van der Waals surface area contributed by atoms with Gasteiger partial charge in [0.25, 0.3) is 0 Å². The molecule has 0 bridgehead atoms. The molecule has 2 aliphatic rings. The van der Waals surface area contributed by atoms with Gasteiger partial charge in [-0.25, -0.2) is 12.8 Å². The van der Waals surface area contributed by atoms with Gasteiger partial charge < -0.3 is 4.90 Å². The Hall–Kier alpha value is -2.25. The van der Waals surface area contributed by atoms with Gasteiger partial charge in [0, 0.05) is 31.6 Å². The Morgan fingerprint density at radius 1 is 1.00 bits per heavy atom. The molecule has 1 saturated heterocycles. The number of benzene rings is 2. The quantitative estimate of drug-likeness (QED) is 0.702. The van der Waals surface area contributed by atoms with Crippen molar-refractivity contribution in [3.05, 3.63) is 65.5 Å². The minimum atomic E-state index is -3.53. The van der Waals surface area contributed by atoms with Crippen molar-refractivity contribution in [3.63, 3.8) is 0 Å². The van der Waals surface area contributed by atoms with Gasteiger partial charge in [0.2, 0.25) is 15.9 Å². The number of rotatable bonds is 6. The number of hydrogen-bond donors (Lipinski definition) is 0. The summed E-state index contributed by atoms with van der Waals surface area (Å²) in [5, 5.41) is 0. The van der Waals surface area contributed by atoms with E-state index in [-0.39, 0.29) is 23.7 Å². The van der Waals surface area contributed by atoms with Crippen LogP contribution in [0.1, 0.15) is 36.8 Å². The number of sulfonamides is 1. The minimum absolute atomic E-state index is 0.0919. The van der Waals surface area contributed by atoms with Crippen LogP contribution < -0.4 is 0 Å². The zero-order valence-corrected chi connectivity index (χ0v) is 17.9. The molecule has 0 aromatic heterocycles. The van der Waals surface area contributed by atoms with Gasteiger partial charge in [0.1, 0.15) is 5.82 Å². The van der Waals surface area contributed by atoms with Gasteiger partial charge in [-0.2, -0.15) is 4.31 Å². The number of amides is 1. The maximum atomic E-state index is 13.2. The lowest BCUT2D eigenvalue weighted by molar-refractivity contribution is -0.138. The van der Waals surface area contributed by atoms with Crippen LogP contribution >= 0.6 is 0 Å². The first kappa shape index (κ1) is 21.0. The number of aryl methyl sites for hydroxylation is 1. The lowest BCUT2D eigenvalue weighted by Crippen LogP contribution is -2.44. The number of hydrogen-bond acceptors (Lipinski definition) is 3. The van der Waals surface area contributed by atoms with Gasteiger partial charge >= 0.3 is 0 Å². The molecule has 0 radical (unpaired) electrons. The molecule has 0 atom stereocenters. The predicted octanol–water partition coefficient (Wildman–Crippen LogP) is 3.73. The van der Waals surface area contributed by atoms with Crippen LogP contribution in [-0.2, 0) is 21.4 Å². The van der Waals surface area contributed by atoms with Crippen molar-refractivity contribution in [2.75, 3.05) is 13.1 Å².